The van der Waals surface area contributed by atoms with Crippen LogP contribution in [0, 0.1) is 19.8 Å². The van der Waals surface area contributed by atoms with E-state index in [1.54, 1.807) is 17.7 Å². The second-order valence-corrected chi connectivity index (χ2v) is 10.6. The maximum Gasteiger partial charge on any atom is 0.229 e. The second kappa shape index (κ2) is 8.11. The Morgan fingerprint density at radius 1 is 1.09 bits per heavy atom. The third-order valence-corrected chi connectivity index (χ3v) is 8.44. The number of amides is 1. The predicted molar refractivity (Wildman–Crippen MR) is 131 cm³/mol. The lowest BCUT2D eigenvalue weighted by Crippen LogP contribution is -2.38. The number of hydrogen-bond acceptors (Lipinski definition) is 9. The fraction of sp³-hybridized carbons (Fsp3) is 0.391. The summed E-state index contributed by atoms with van der Waals surface area (Å²) in [6.45, 7) is 6.93. The van der Waals surface area contributed by atoms with Crippen molar-refractivity contribution in [3.63, 3.8) is 0 Å². The van der Waals surface area contributed by atoms with Crippen molar-refractivity contribution in [1.82, 2.24) is 15.0 Å². The van der Waals surface area contributed by atoms with Gasteiger partial charge in [-0.1, -0.05) is 11.3 Å². The Morgan fingerprint density at radius 3 is 2.64 bits per heavy atom. The van der Waals surface area contributed by atoms with Crippen molar-refractivity contribution in [1.29, 1.82) is 0 Å². The first kappa shape index (κ1) is 20.6. The van der Waals surface area contributed by atoms with E-state index in [-0.39, 0.29) is 11.8 Å². The molecule has 1 aromatic carbocycles. The van der Waals surface area contributed by atoms with Crippen LogP contribution in [0.4, 0.5) is 10.9 Å². The minimum absolute atomic E-state index is 0.0290. The smallest absolute Gasteiger partial charge is 0.229 e. The average Bonchev–Trinajstić information content (AvgIpc) is 3.36. The molecule has 3 aromatic heterocycles. The Hall–Kier alpha value is -2.98. The van der Waals surface area contributed by atoms with Gasteiger partial charge in [-0.05, 0) is 32.3 Å². The van der Waals surface area contributed by atoms with Gasteiger partial charge in [0.15, 0.2) is 16.6 Å². The van der Waals surface area contributed by atoms with Gasteiger partial charge in [0.05, 0.1) is 15.6 Å². The Labute approximate surface area is 198 Å². The molecule has 33 heavy (non-hydrogen) atoms. The minimum atomic E-state index is -0.0456. The van der Waals surface area contributed by atoms with Crippen LogP contribution >= 0.6 is 22.7 Å². The fourth-order valence-corrected chi connectivity index (χ4v) is 6.35. The molecule has 0 saturated carbocycles. The quantitative estimate of drug-likeness (QED) is 0.459. The number of nitrogens with zero attached hydrogens (tertiary/aromatic N) is 4. The van der Waals surface area contributed by atoms with Crippen LogP contribution in [-0.4, -0.2) is 47.2 Å². The summed E-state index contributed by atoms with van der Waals surface area (Å²) in [6.07, 6.45) is 3.20. The van der Waals surface area contributed by atoms with E-state index in [2.05, 4.69) is 39.0 Å². The van der Waals surface area contributed by atoms with Crippen molar-refractivity contribution >= 4 is 60.0 Å². The van der Waals surface area contributed by atoms with Gasteiger partial charge in [-0.3, -0.25) is 4.79 Å². The van der Waals surface area contributed by atoms with E-state index in [1.165, 1.54) is 21.8 Å². The van der Waals surface area contributed by atoms with E-state index < -0.39 is 0 Å². The fourth-order valence-electron chi connectivity index (χ4n) is 4.48. The first-order chi connectivity index (χ1) is 16.1. The molecule has 2 aliphatic heterocycles. The van der Waals surface area contributed by atoms with E-state index in [0.29, 0.717) is 24.1 Å². The molecule has 1 N–H and O–H groups in total. The standard InChI is InChI=1S/C23H23N5O3S2/c1-12-13(2)32-22-19(12)20(24-11-25-22)28-5-3-14(4-6-28)21(29)27-23-26-15-9-16-17(10-18(15)33-23)31-8-7-30-16/h9-11,14H,3-8H2,1-2H3,(H,26,27,29). The Bertz CT molecular complexity index is 1330. The molecule has 2 aliphatic rings. The summed E-state index contributed by atoms with van der Waals surface area (Å²) in [7, 11) is 0. The molecule has 0 atom stereocenters. The lowest BCUT2D eigenvalue weighted by Gasteiger charge is -2.32. The number of thiazole rings is 1. The number of piperidine rings is 1. The van der Waals surface area contributed by atoms with E-state index in [4.69, 9.17) is 9.47 Å². The van der Waals surface area contributed by atoms with E-state index in [0.717, 1.165) is 57.9 Å². The zero-order valence-corrected chi connectivity index (χ0v) is 20.0. The van der Waals surface area contributed by atoms with Gasteiger partial charge in [0.25, 0.3) is 0 Å². The summed E-state index contributed by atoms with van der Waals surface area (Å²) in [5.41, 5.74) is 2.06. The number of nitrogens with one attached hydrogen (secondary N) is 1. The molecule has 1 fully saturated rings. The first-order valence-corrected chi connectivity index (χ1v) is 12.7. The molecule has 5 heterocycles. The topological polar surface area (TPSA) is 89.5 Å². The summed E-state index contributed by atoms with van der Waals surface area (Å²) in [4.78, 5) is 31.2. The number of aromatic nitrogens is 3. The van der Waals surface area contributed by atoms with Crippen molar-refractivity contribution in [2.75, 3.05) is 36.5 Å². The summed E-state index contributed by atoms with van der Waals surface area (Å²) in [5, 5.41) is 4.79. The maximum atomic E-state index is 13.0. The number of hydrogen-bond donors (Lipinski definition) is 1. The predicted octanol–water partition coefficient (Wildman–Crippen LogP) is 4.54. The SMILES string of the molecule is Cc1sc2ncnc(N3CCC(C(=O)Nc4nc5cc6c(cc5s4)OCCO6)CC3)c2c1C. The summed E-state index contributed by atoms with van der Waals surface area (Å²) >= 11 is 3.17. The third kappa shape index (κ3) is 3.67. The molecule has 10 heteroatoms. The molecule has 170 valence electrons. The molecule has 0 spiro atoms. The molecule has 0 radical (unpaired) electrons. The number of fused-ring (bicyclic) bond motifs is 3. The van der Waals surface area contributed by atoms with Gasteiger partial charge < -0.3 is 19.7 Å². The van der Waals surface area contributed by atoms with Gasteiger partial charge >= 0.3 is 0 Å². The van der Waals surface area contributed by atoms with Gasteiger partial charge in [0.2, 0.25) is 5.91 Å². The molecule has 0 bridgehead atoms. The van der Waals surface area contributed by atoms with Crippen molar-refractivity contribution in [3.8, 4) is 11.5 Å². The summed E-state index contributed by atoms with van der Waals surface area (Å²) in [6, 6.07) is 3.82. The molecule has 1 saturated heterocycles. The molecule has 8 nitrogen and oxygen atoms in total. The molecule has 1 amide bonds. The van der Waals surface area contributed by atoms with Crippen molar-refractivity contribution in [2.24, 2.45) is 5.92 Å². The number of carbonyl (C=O) groups is 1. The Morgan fingerprint density at radius 2 is 1.85 bits per heavy atom. The van der Waals surface area contributed by atoms with Crippen molar-refractivity contribution < 1.29 is 14.3 Å². The highest BCUT2D eigenvalue weighted by atomic mass is 32.1. The highest BCUT2D eigenvalue weighted by Crippen LogP contribution is 2.39. The largest absolute Gasteiger partial charge is 0.486 e. The number of carbonyl (C=O) groups excluding carboxylic acids is 1. The normalized spacial score (nSPS) is 16.5. The molecule has 0 unspecified atom stereocenters. The van der Waals surface area contributed by atoms with E-state index in [9.17, 15) is 4.79 Å². The molecule has 4 aromatic rings. The number of anilines is 2. The summed E-state index contributed by atoms with van der Waals surface area (Å²) < 4.78 is 12.3. The van der Waals surface area contributed by atoms with Crippen LogP contribution < -0.4 is 19.7 Å². The van der Waals surface area contributed by atoms with Gasteiger partial charge in [-0.2, -0.15) is 0 Å². The molecular formula is C23H23N5O3S2. The number of rotatable bonds is 3. The summed E-state index contributed by atoms with van der Waals surface area (Å²) in [5.74, 6) is 2.41. The average molecular weight is 482 g/mol. The van der Waals surface area contributed by atoms with Gasteiger partial charge in [-0.25, -0.2) is 15.0 Å². The van der Waals surface area contributed by atoms with Crippen LogP contribution in [0.1, 0.15) is 23.3 Å². The molecular weight excluding hydrogens is 458 g/mol. The lowest BCUT2D eigenvalue weighted by atomic mass is 9.96. The highest BCUT2D eigenvalue weighted by molar-refractivity contribution is 7.22. The van der Waals surface area contributed by atoms with Crippen LogP contribution in [0.3, 0.4) is 0 Å². The zero-order valence-electron chi connectivity index (χ0n) is 18.4. The Kier molecular flexibility index (Phi) is 5.06. The second-order valence-electron chi connectivity index (χ2n) is 8.39. The number of benzene rings is 1. The molecule has 0 aliphatic carbocycles. The van der Waals surface area contributed by atoms with Crippen LogP contribution in [0.15, 0.2) is 18.5 Å². The van der Waals surface area contributed by atoms with Gasteiger partial charge in [-0.15, -0.1) is 11.3 Å². The van der Waals surface area contributed by atoms with Crippen molar-refractivity contribution in [2.45, 2.75) is 26.7 Å². The lowest BCUT2D eigenvalue weighted by molar-refractivity contribution is -0.120. The maximum absolute atomic E-state index is 13.0. The van der Waals surface area contributed by atoms with Gasteiger partial charge in [0, 0.05) is 36.0 Å². The van der Waals surface area contributed by atoms with Crippen LogP contribution in [0.2, 0.25) is 0 Å². The van der Waals surface area contributed by atoms with E-state index >= 15 is 0 Å². The zero-order chi connectivity index (χ0) is 22.5. The van der Waals surface area contributed by atoms with Crippen molar-refractivity contribution in [3.05, 3.63) is 28.9 Å². The number of aryl methyl sites for hydroxylation is 2. The minimum Gasteiger partial charge on any atom is -0.486 e. The number of ether oxygens (including phenoxy) is 2. The Balaban J connectivity index is 1.15. The molecule has 6 rings (SSSR count). The monoisotopic (exact) mass is 481 g/mol. The number of thiophene rings is 1. The highest BCUT2D eigenvalue weighted by Gasteiger charge is 2.28. The third-order valence-electron chi connectivity index (χ3n) is 6.39. The van der Waals surface area contributed by atoms with Crippen LogP contribution in [0.5, 0.6) is 11.5 Å². The first-order valence-electron chi connectivity index (χ1n) is 11.0. The van der Waals surface area contributed by atoms with Crippen LogP contribution in [0.25, 0.3) is 20.4 Å². The van der Waals surface area contributed by atoms with Crippen LogP contribution in [-0.2, 0) is 4.79 Å². The van der Waals surface area contributed by atoms with Gasteiger partial charge in [0.1, 0.15) is 30.2 Å². The van der Waals surface area contributed by atoms with E-state index in [1.807, 2.05) is 12.1 Å².